The number of carbonyl (C=O) groups excluding carboxylic acids is 1. The van der Waals surface area contributed by atoms with Crippen molar-refractivity contribution in [2.24, 2.45) is 0 Å². The van der Waals surface area contributed by atoms with Crippen molar-refractivity contribution in [2.45, 2.75) is 36.8 Å². The highest BCUT2D eigenvalue weighted by atomic mass is 35.5. The molecule has 7 nitrogen and oxygen atoms in total. The summed E-state index contributed by atoms with van der Waals surface area (Å²) in [4.78, 5) is 16.7. The molecule has 3 aliphatic rings. The highest BCUT2D eigenvalue weighted by molar-refractivity contribution is 6.30. The maximum atomic E-state index is 13.8. The van der Waals surface area contributed by atoms with E-state index in [2.05, 4.69) is 15.5 Å². The lowest BCUT2D eigenvalue weighted by atomic mass is 9.39. The summed E-state index contributed by atoms with van der Waals surface area (Å²) >= 11 is 11.6. The van der Waals surface area contributed by atoms with Crippen LogP contribution in [0.3, 0.4) is 0 Å². The number of benzene rings is 2. The molecule has 1 N–H and O–H groups in total. The summed E-state index contributed by atoms with van der Waals surface area (Å²) in [6.45, 7) is -0.0955. The first-order valence-corrected chi connectivity index (χ1v) is 10.7. The molecule has 0 aliphatic heterocycles. The summed E-state index contributed by atoms with van der Waals surface area (Å²) in [7, 11) is 0. The topological polar surface area (TPSA) is 86.5 Å². The minimum atomic E-state index is -0.609. The summed E-state index contributed by atoms with van der Waals surface area (Å²) in [6, 6.07) is 11.0. The second-order valence-electron chi connectivity index (χ2n) is 8.26. The zero-order valence-electron chi connectivity index (χ0n) is 16.7. The molecule has 3 aliphatic carbocycles. The first-order valence-electron chi connectivity index (χ1n) is 9.95. The molecule has 0 saturated heterocycles. The van der Waals surface area contributed by atoms with E-state index >= 15 is 0 Å². The second kappa shape index (κ2) is 7.94. The third-order valence-corrected chi connectivity index (χ3v) is 6.28. The van der Waals surface area contributed by atoms with Gasteiger partial charge in [0.05, 0.1) is 5.41 Å². The van der Waals surface area contributed by atoms with Crippen LogP contribution in [0.4, 0.5) is 4.39 Å². The van der Waals surface area contributed by atoms with Crippen molar-refractivity contribution >= 4 is 29.1 Å². The van der Waals surface area contributed by atoms with Gasteiger partial charge >= 0.3 is 0 Å². The normalized spacial score (nSPS) is 23.1. The Morgan fingerprint density at radius 2 is 1.81 bits per heavy atom. The summed E-state index contributed by atoms with van der Waals surface area (Å²) in [5.41, 5.74) is -0.505. The number of halogens is 3. The first-order chi connectivity index (χ1) is 15.3. The Morgan fingerprint density at radius 3 is 2.53 bits per heavy atom. The predicted molar refractivity (Wildman–Crippen MR) is 113 cm³/mol. The van der Waals surface area contributed by atoms with Gasteiger partial charge in [-0.15, -0.1) is 0 Å². The van der Waals surface area contributed by atoms with Crippen LogP contribution in [0.15, 0.2) is 47.0 Å². The number of hydrogen-bond acceptors (Lipinski definition) is 6. The van der Waals surface area contributed by atoms with Crippen LogP contribution in [0, 0.1) is 5.82 Å². The standard InChI is InChI=1S/C22H18Cl2FN3O4/c23-13-1-4-15(5-2-13)30-8-18-26-20(32-28-18)21-10-22(11-21,12-21)27-19(29)9-31-17-6-3-14(24)7-16(17)25/h1-7H,8-12H2,(H,27,29). The monoisotopic (exact) mass is 477 g/mol. The van der Waals surface area contributed by atoms with E-state index in [9.17, 15) is 9.18 Å². The number of ether oxygens (including phenoxy) is 2. The Labute approximate surface area is 192 Å². The van der Waals surface area contributed by atoms with E-state index in [1.165, 1.54) is 12.1 Å². The zero-order valence-corrected chi connectivity index (χ0v) is 18.3. The first kappa shape index (κ1) is 21.0. The molecular weight excluding hydrogens is 460 g/mol. The fourth-order valence-electron chi connectivity index (χ4n) is 4.42. The Morgan fingerprint density at radius 1 is 1.09 bits per heavy atom. The van der Waals surface area contributed by atoms with Gasteiger partial charge in [-0.3, -0.25) is 4.79 Å². The highest BCUT2D eigenvalue weighted by Gasteiger charge is 2.72. The van der Waals surface area contributed by atoms with E-state index in [-0.39, 0.29) is 40.8 Å². The fourth-order valence-corrected chi connectivity index (χ4v) is 4.71. The number of hydrogen-bond donors (Lipinski definition) is 1. The Balaban J connectivity index is 1.10. The van der Waals surface area contributed by atoms with Crippen LogP contribution >= 0.6 is 23.2 Å². The van der Waals surface area contributed by atoms with E-state index in [0.29, 0.717) is 41.7 Å². The van der Waals surface area contributed by atoms with Crippen LogP contribution in [-0.4, -0.2) is 28.2 Å². The van der Waals surface area contributed by atoms with Crippen molar-refractivity contribution < 1.29 is 23.2 Å². The lowest BCUT2D eigenvalue weighted by molar-refractivity contribution is -0.143. The third-order valence-electron chi connectivity index (χ3n) is 5.79. The van der Waals surface area contributed by atoms with E-state index in [4.69, 9.17) is 37.2 Å². The Kier molecular flexibility index (Phi) is 5.22. The van der Waals surface area contributed by atoms with Crippen molar-refractivity contribution in [1.82, 2.24) is 15.5 Å². The van der Waals surface area contributed by atoms with E-state index < -0.39 is 5.82 Å². The molecule has 2 bridgehead atoms. The number of aromatic nitrogens is 2. The van der Waals surface area contributed by atoms with Gasteiger partial charge in [0, 0.05) is 15.6 Å². The van der Waals surface area contributed by atoms with Gasteiger partial charge in [0.15, 0.2) is 24.8 Å². The molecule has 3 saturated carbocycles. The number of amides is 1. The Hall–Kier alpha value is -2.84. The van der Waals surface area contributed by atoms with E-state index in [1.54, 1.807) is 24.3 Å². The summed E-state index contributed by atoms with van der Waals surface area (Å²) in [6.07, 6.45) is 2.13. The summed E-state index contributed by atoms with van der Waals surface area (Å²) in [5, 5.41) is 7.86. The van der Waals surface area contributed by atoms with Gasteiger partial charge in [-0.2, -0.15) is 4.98 Å². The van der Waals surface area contributed by atoms with Crippen LogP contribution in [0.5, 0.6) is 11.5 Å². The van der Waals surface area contributed by atoms with Gasteiger partial charge in [-0.25, -0.2) is 4.39 Å². The van der Waals surface area contributed by atoms with Crippen molar-refractivity contribution in [3.05, 3.63) is 70.0 Å². The molecule has 10 heteroatoms. The number of nitrogens with zero attached hydrogens (tertiary/aromatic N) is 2. The van der Waals surface area contributed by atoms with Crippen LogP contribution in [0.25, 0.3) is 0 Å². The number of nitrogens with one attached hydrogen (secondary N) is 1. The van der Waals surface area contributed by atoms with Gasteiger partial charge in [-0.05, 0) is 61.7 Å². The zero-order chi connectivity index (χ0) is 22.3. The molecule has 32 heavy (non-hydrogen) atoms. The second-order valence-corrected chi connectivity index (χ2v) is 9.13. The summed E-state index contributed by atoms with van der Waals surface area (Å²) in [5.74, 6) is 0.739. The maximum Gasteiger partial charge on any atom is 0.258 e. The minimum Gasteiger partial charge on any atom is -0.485 e. The largest absolute Gasteiger partial charge is 0.485 e. The molecule has 1 heterocycles. The maximum absolute atomic E-state index is 13.8. The molecule has 1 amide bonds. The van der Waals surface area contributed by atoms with Crippen molar-refractivity contribution in [3.63, 3.8) is 0 Å². The predicted octanol–water partition coefficient (Wildman–Crippen LogP) is 4.46. The average molecular weight is 478 g/mol. The highest BCUT2D eigenvalue weighted by Crippen LogP contribution is 2.67. The number of rotatable bonds is 8. The Bertz CT molecular complexity index is 1150. The third kappa shape index (κ3) is 4.00. The van der Waals surface area contributed by atoms with E-state index in [1.807, 2.05) is 0 Å². The fraction of sp³-hybridized carbons (Fsp3) is 0.318. The van der Waals surface area contributed by atoms with Crippen molar-refractivity contribution in [2.75, 3.05) is 6.61 Å². The van der Waals surface area contributed by atoms with Crippen LogP contribution in [-0.2, 0) is 16.8 Å². The van der Waals surface area contributed by atoms with Gasteiger partial charge in [0.1, 0.15) is 5.75 Å². The SMILES string of the molecule is O=C(COc1ccc(Cl)cc1F)NC12CC(c3nc(COc4ccc(Cl)cc4)no3)(C1)C2. The lowest BCUT2D eigenvalue weighted by Gasteiger charge is -2.68. The minimum absolute atomic E-state index is 0.0159. The van der Waals surface area contributed by atoms with Crippen molar-refractivity contribution in [1.29, 1.82) is 0 Å². The summed E-state index contributed by atoms with van der Waals surface area (Å²) < 4.78 is 30.1. The lowest BCUT2D eigenvalue weighted by Crippen LogP contribution is -2.77. The molecular formula is C22H18Cl2FN3O4. The molecule has 0 atom stereocenters. The molecule has 166 valence electrons. The molecule has 6 rings (SSSR count). The smallest absolute Gasteiger partial charge is 0.258 e. The van der Waals surface area contributed by atoms with Gasteiger partial charge in [0.2, 0.25) is 11.7 Å². The van der Waals surface area contributed by atoms with Crippen LogP contribution in [0.2, 0.25) is 10.0 Å². The van der Waals surface area contributed by atoms with Gasteiger partial charge in [-0.1, -0.05) is 28.4 Å². The molecule has 3 aromatic rings. The molecule has 2 aromatic carbocycles. The molecule has 0 spiro atoms. The molecule has 0 unspecified atom stereocenters. The van der Waals surface area contributed by atoms with E-state index in [0.717, 1.165) is 6.07 Å². The van der Waals surface area contributed by atoms with Crippen molar-refractivity contribution in [3.8, 4) is 11.5 Å². The van der Waals surface area contributed by atoms with Gasteiger partial charge < -0.3 is 19.3 Å². The van der Waals surface area contributed by atoms with Crippen LogP contribution in [0.1, 0.15) is 31.0 Å². The van der Waals surface area contributed by atoms with Gasteiger partial charge in [0.25, 0.3) is 5.91 Å². The quantitative estimate of drug-likeness (QED) is 0.515. The molecule has 3 fully saturated rings. The molecule has 1 aromatic heterocycles. The molecule has 0 radical (unpaired) electrons. The average Bonchev–Trinajstić information content (AvgIpc) is 3.17. The number of carbonyl (C=O) groups is 1. The van der Waals surface area contributed by atoms with Crippen LogP contribution < -0.4 is 14.8 Å².